The molecule has 80 valence electrons. The maximum Gasteiger partial charge on any atom is 0.316 e. The van der Waals surface area contributed by atoms with E-state index in [2.05, 4.69) is 9.97 Å². The molecule has 1 aromatic rings. The van der Waals surface area contributed by atoms with E-state index in [9.17, 15) is 0 Å². The Labute approximate surface area is 88.6 Å². The fourth-order valence-electron chi connectivity index (χ4n) is 2.44. The molecule has 0 aromatic carbocycles. The molecule has 3 heterocycles. The average molecular weight is 206 g/mol. The molecule has 1 saturated carbocycles. The zero-order valence-corrected chi connectivity index (χ0v) is 8.56. The molecule has 1 aromatic heterocycles. The molecule has 3 aliphatic rings. The summed E-state index contributed by atoms with van der Waals surface area (Å²) in [5, 5.41) is 0. The number of ether oxygens (including phenoxy) is 2. The lowest BCUT2D eigenvalue weighted by Gasteiger charge is -2.51. The van der Waals surface area contributed by atoms with Crippen molar-refractivity contribution < 1.29 is 9.47 Å². The van der Waals surface area contributed by atoms with Crippen LogP contribution >= 0.6 is 0 Å². The van der Waals surface area contributed by atoms with Gasteiger partial charge in [0.1, 0.15) is 0 Å². The molecule has 2 saturated heterocycles. The van der Waals surface area contributed by atoms with E-state index in [0.717, 1.165) is 32.5 Å². The van der Waals surface area contributed by atoms with Crippen LogP contribution < -0.4 is 4.74 Å². The minimum atomic E-state index is 0.349. The largest absolute Gasteiger partial charge is 0.463 e. The Kier molecular flexibility index (Phi) is 2.09. The van der Waals surface area contributed by atoms with Gasteiger partial charge in [0.2, 0.25) is 0 Å². The Balaban J connectivity index is 1.58. The van der Waals surface area contributed by atoms with Gasteiger partial charge in [-0.25, -0.2) is 9.97 Å². The van der Waals surface area contributed by atoms with Crippen molar-refractivity contribution in [3.63, 3.8) is 0 Å². The zero-order valence-electron chi connectivity index (χ0n) is 8.56. The Bertz CT molecular complexity index is 330. The summed E-state index contributed by atoms with van der Waals surface area (Å²) in [5.41, 5.74) is 0.349. The van der Waals surface area contributed by atoms with E-state index in [1.54, 1.807) is 18.5 Å². The predicted molar refractivity (Wildman–Crippen MR) is 53.6 cm³/mol. The summed E-state index contributed by atoms with van der Waals surface area (Å²) in [4.78, 5) is 8.09. The first-order valence-electron chi connectivity index (χ1n) is 5.38. The summed E-state index contributed by atoms with van der Waals surface area (Å²) in [7, 11) is 0. The molecule has 15 heavy (non-hydrogen) atoms. The van der Waals surface area contributed by atoms with Gasteiger partial charge in [0, 0.05) is 24.4 Å². The van der Waals surface area contributed by atoms with Crippen LogP contribution in [0.3, 0.4) is 0 Å². The molecule has 0 atom stereocenters. The highest BCUT2D eigenvalue weighted by atomic mass is 16.5. The van der Waals surface area contributed by atoms with Gasteiger partial charge in [-0.1, -0.05) is 0 Å². The molecule has 0 spiro atoms. The van der Waals surface area contributed by atoms with E-state index in [4.69, 9.17) is 9.47 Å². The van der Waals surface area contributed by atoms with Crippen LogP contribution in [0.25, 0.3) is 0 Å². The van der Waals surface area contributed by atoms with Gasteiger partial charge in [-0.05, 0) is 25.3 Å². The van der Waals surface area contributed by atoms with Crippen LogP contribution in [0.15, 0.2) is 18.5 Å². The minimum Gasteiger partial charge on any atom is -0.463 e. The molecule has 0 radical (unpaired) electrons. The van der Waals surface area contributed by atoms with Crippen molar-refractivity contribution in [3.8, 4) is 6.01 Å². The average Bonchev–Trinajstić information content (AvgIpc) is 2.28. The number of hydrogen-bond acceptors (Lipinski definition) is 4. The van der Waals surface area contributed by atoms with Crippen molar-refractivity contribution in [1.82, 2.24) is 9.97 Å². The monoisotopic (exact) mass is 206 g/mol. The van der Waals surface area contributed by atoms with Gasteiger partial charge >= 0.3 is 6.01 Å². The maximum atomic E-state index is 5.61. The van der Waals surface area contributed by atoms with E-state index < -0.39 is 0 Å². The highest BCUT2D eigenvalue weighted by molar-refractivity contribution is 5.00. The Hall–Kier alpha value is -1.16. The van der Waals surface area contributed by atoms with Crippen molar-refractivity contribution in [1.29, 1.82) is 0 Å². The number of aromatic nitrogens is 2. The Morgan fingerprint density at radius 3 is 2.87 bits per heavy atom. The van der Waals surface area contributed by atoms with Crippen molar-refractivity contribution in [2.24, 2.45) is 5.41 Å². The second-order valence-electron chi connectivity index (χ2n) is 4.47. The summed E-state index contributed by atoms with van der Waals surface area (Å²) in [6, 6.07) is 2.28. The van der Waals surface area contributed by atoms with Crippen LogP contribution in [0.2, 0.25) is 0 Å². The second kappa shape index (κ2) is 3.45. The first kappa shape index (κ1) is 9.09. The van der Waals surface area contributed by atoms with Gasteiger partial charge < -0.3 is 9.47 Å². The highest BCUT2D eigenvalue weighted by Gasteiger charge is 2.48. The van der Waals surface area contributed by atoms with Crippen molar-refractivity contribution in [2.75, 3.05) is 13.2 Å². The third-order valence-electron chi connectivity index (χ3n) is 3.36. The SMILES string of the molecule is c1cnc(OCC23CCOC(C2)C3)nc1. The minimum absolute atomic E-state index is 0.349. The summed E-state index contributed by atoms with van der Waals surface area (Å²) in [5.74, 6) is 0. The molecule has 0 amide bonds. The second-order valence-corrected chi connectivity index (χ2v) is 4.47. The summed E-state index contributed by atoms with van der Waals surface area (Å²) in [6.45, 7) is 1.61. The lowest BCUT2D eigenvalue weighted by molar-refractivity contribution is -0.161. The van der Waals surface area contributed by atoms with Crippen LogP contribution in [0.4, 0.5) is 0 Å². The van der Waals surface area contributed by atoms with E-state index in [0.29, 0.717) is 17.5 Å². The number of rotatable bonds is 3. The lowest BCUT2D eigenvalue weighted by atomic mass is 9.63. The first-order valence-corrected chi connectivity index (χ1v) is 5.38. The summed E-state index contributed by atoms with van der Waals surface area (Å²) in [6.07, 6.45) is 7.27. The Morgan fingerprint density at radius 2 is 2.20 bits per heavy atom. The third kappa shape index (κ3) is 1.69. The molecule has 4 heteroatoms. The molecule has 0 unspecified atom stereocenters. The van der Waals surface area contributed by atoms with Gasteiger partial charge in [-0.3, -0.25) is 0 Å². The fourth-order valence-corrected chi connectivity index (χ4v) is 2.44. The quantitative estimate of drug-likeness (QED) is 0.750. The first-order chi connectivity index (χ1) is 7.36. The molecule has 2 bridgehead atoms. The lowest BCUT2D eigenvalue weighted by Crippen LogP contribution is -2.51. The molecule has 4 rings (SSSR count). The van der Waals surface area contributed by atoms with Crippen LogP contribution in [0, 0.1) is 5.41 Å². The van der Waals surface area contributed by atoms with Gasteiger partial charge in [-0.2, -0.15) is 0 Å². The van der Waals surface area contributed by atoms with Crippen LogP contribution in [-0.2, 0) is 4.74 Å². The van der Waals surface area contributed by atoms with E-state index in [1.165, 1.54) is 0 Å². The Morgan fingerprint density at radius 1 is 1.40 bits per heavy atom. The van der Waals surface area contributed by atoms with Gasteiger partial charge in [-0.15, -0.1) is 0 Å². The van der Waals surface area contributed by atoms with E-state index >= 15 is 0 Å². The summed E-state index contributed by atoms with van der Waals surface area (Å²) < 4.78 is 11.1. The van der Waals surface area contributed by atoms with Crippen LogP contribution in [0.5, 0.6) is 6.01 Å². The number of fused-ring (bicyclic) bond motifs is 2. The van der Waals surface area contributed by atoms with E-state index in [1.807, 2.05) is 0 Å². The molecule has 0 N–H and O–H groups in total. The fraction of sp³-hybridized carbons (Fsp3) is 0.636. The molecule has 3 fully saturated rings. The van der Waals surface area contributed by atoms with Crippen LogP contribution in [-0.4, -0.2) is 29.3 Å². The van der Waals surface area contributed by atoms with E-state index in [-0.39, 0.29) is 0 Å². The van der Waals surface area contributed by atoms with Crippen molar-refractivity contribution in [3.05, 3.63) is 18.5 Å². The van der Waals surface area contributed by atoms with Crippen molar-refractivity contribution in [2.45, 2.75) is 25.4 Å². The highest BCUT2D eigenvalue weighted by Crippen LogP contribution is 2.49. The zero-order chi connectivity index (χ0) is 10.1. The summed E-state index contributed by atoms with van der Waals surface area (Å²) >= 11 is 0. The molecule has 1 aliphatic carbocycles. The molecular weight excluding hydrogens is 192 g/mol. The standard InChI is InChI=1S/C11H14N2O2/c1-3-12-10(13-4-1)15-8-11-2-5-14-9(6-11)7-11/h1,3-4,9H,2,5-8H2. The smallest absolute Gasteiger partial charge is 0.316 e. The van der Waals surface area contributed by atoms with Gasteiger partial charge in [0.05, 0.1) is 12.7 Å². The molecule has 4 nitrogen and oxygen atoms in total. The molecule has 2 aliphatic heterocycles. The van der Waals surface area contributed by atoms with Crippen LogP contribution in [0.1, 0.15) is 19.3 Å². The maximum absolute atomic E-state index is 5.61. The topological polar surface area (TPSA) is 44.2 Å². The van der Waals surface area contributed by atoms with Crippen molar-refractivity contribution >= 4 is 0 Å². The third-order valence-corrected chi connectivity index (χ3v) is 3.36. The number of hydrogen-bond donors (Lipinski definition) is 0. The van der Waals surface area contributed by atoms with Gasteiger partial charge in [0.25, 0.3) is 0 Å². The predicted octanol–water partition coefficient (Wildman–Crippen LogP) is 1.42. The molecular formula is C11H14N2O2. The van der Waals surface area contributed by atoms with Gasteiger partial charge in [0.15, 0.2) is 0 Å². The number of nitrogens with zero attached hydrogens (tertiary/aromatic N) is 2. The normalized spacial score (nSPS) is 33.2.